The number of benzene rings is 2. The van der Waals surface area contributed by atoms with Crippen molar-refractivity contribution in [3.05, 3.63) is 84.5 Å². The Morgan fingerprint density at radius 3 is 2.64 bits per heavy atom. The van der Waals surface area contributed by atoms with Crippen LogP contribution in [0.3, 0.4) is 0 Å². The van der Waals surface area contributed by atoms with E-state index in [9.17, 15) is 4.79 Å². The Balaban J connectivity index is 1.41. The smallest absolute Gasteiger partial charge is 0.251 e. The SMILES string of the molecule is COc1ccc(-c2noc(CNC(=O)c3cccc(-n4cccc4)c3)n2)cc1. The normalized spacial score (nSPS) is 10.6. The fourth-order valence-corrected chi connectivity index (χ4v) is 2.76. The number of aromatic nitrogens is 3. The Morgan fingerprint density at radius 2 is 1.89 bits per heavy atom. The number of carbonyl (C=O) groups excluding carboxylic acids is 1. The first-order valence-corrected chi connectivity index (χ1v) is 8.71. The lowest BCUT2D eigenvalue weighted by Crippen LogP contribution is -2.23. The highest BCUT2D eigenvalue weighted by molar-refractivity contribution is 5.94. The lowest BCUT2D eigenvalue weighted by molar-refractivity contribution is 0.0946. The van der Waals surface area contributed by atoms with Crippen molar-refractivity contribution in [3.63, 3.8) is 0 Å². The quantitative estimate of drug-likeness (QED) is 0.559. The zero-order chi connectivity index (χ0) is 19.3. The second-order valence-corrected chi connectivity index (χ2v) is 6.06. The van der Waals surface area contributed by atoms with Crippen molar-refractivity contribution in [2.45, 2.75) is 6.54 Å². The van der Waals surface area contributed by atoms with Crippen LogP contribution in [0.5, 0.6) is 5.75 Å². The summed E-state index contributed by atoms with van der Waals surface area (Å²) in [7, 11) is 1.61. The lowest BCUT2D eigenvalue weighted by atomic mass is 10.2. The van der Waals surface area contributed by atoms with Gasteiger partial charge >= 0.3 is 0 Å². The van der Waals surface area contributed by atoms with Crippen LogP contribution in [0.15, 0.2) is 77.6 Å². The Kier molecular flexibility index (Phi) is 4.88. The van der Waals surface area contributed by atoms with E-state index < -0.39 is 0 Å². The standard InChI is InChI=1S/C21H18N4O3/c1-27-18-9-7-15(8-10-18)20-23-19(28-24-20)14-22-21(26)16-5-4-6-17(13-16)25-11-2-3-12-25/h2-13H,14H2,1H3,(H,22,26). The summed E-state index contributed by atoms with van der Waals surface area (Å²) in [6.45, 7) is 0.149. The van der Waals surface area contributed by atoms with E-state index in [1.165, 1.54) is 0 Å². The topological polar surface area (TPSA) is 82.2 Å². The zero-order valence-electron chi connectivity index (χ0n) is 15.2. The molecule has 2 heterocycles. The van der Waals surface area contributed by atoms with E-state index >= 15 is 0 Å². The molecule has 4 rings (SSSR count). The molecule has 1 amide bonds. The van der Waals surface area contributed by atoms with Crippen LogP contribution in [0.4, 0.5) is 0 Å². The summed E-state index contributed by atoms with van der Waals surface area (Å²) in [5, 5.41) is 6.77. The molecule has 0 aliphatic heterocycles. The molecule has 0 fully saturated rings. The molecule has 2 aromatic heterocycles. The summed E-state index contributed by atoms with van der Waals surface area (Å²) in [5.41, 5.74) is 2.28. The van der Waals surface area contributed by atoms with Gasteiger partial charge in [0.15, 0.2) is 0 Å². The molecule has 140 valence electrons. The van der Waals surface area contributed by atoms with Gasteiger partial charge in [0.05, 0.1) is 13.7 Å². The molecule has 0 radical (unpaired) electrons. The van der Waals surface area contributed by atoms with Crippen LogP contribution < -0.4 is 10.1 Å². The molecule has 0 aliphatic carbocycles. The Morgan fingerprint density at radius 1 is 1.11 bits per heavy atom. The molecule has 0 spiro atoms. The fraction of sp³-hybridized carbons (Fsp3) is 0.0952. The van der Waals surface area contributed by atoms with E-state index in [-0.39, 0.29) is 12.5 Å². The van der Waals surface area contributed by atoms with E-state index in [0.29, 0.717) is 17.3 Å². The van der Waals surface area contributed by atoms with Crippen LogP contribution in [0.2, 0.25) is 0 Å². The largest absolute Gasteiger partial charge is 0.497 e. The fourth-order valence-electron chi connectivity index (χ4n) is 2.76. The van der Waals surface area contributed by atoms with Gasteiger partial charge in [-0.3, -0.25) is 4.79 Å². The van der Waals surface area contributed by atoms with Crippen LogP contribution in [0.1, 0.15) is 16.2 Å². The first-order chi connectivity index (χ1) is 13.7. The molecule has 7 nitrogen and oxygen atoms in total. The highest BCUT2D eigenvalue weighted by Crippen LogP contribution is 2.19. The second kappa shape index (κ2) is 7.79. The van der Waals surface area contributed by atoms with E-state index in [1.54, 1.807) is 13.2 Å². The number of hydrogen-bond donors (Lipinski definition) is 1. The molecule has 7 heteroatoms. The molecule has 0 atom stereocenters. The molecule has 0 aliphatic rings. The summed E-state index contributed by atoms with van der Waals surface area (Å²) in [5.74, 6) is 1.34. The predicted octanol–water partition coefficient (Wildman–Crippen LogP) is 3.47. The molecular weight excluding hydrogens is 356 g/mol. The van der Waals surface area contributed by atoms with Crippen LogP contribution in [-0.2, 0) is 6.54 Å². The maximum absolute atomic E-state index is 12.5. The molecule has 0 unspecified atom stereocenters. The molecule has 0 bridgehead atoms. The third kappa shape index (κ3) is 3.78. The van der Waals surface area contributed by atoms with Crippen molar-refractivity contribution >= 4 is 5.91 Å². The summed E-state index contributed by atoms with van der Waals surface area (Å²) in [6, 6.07) is 18.6. The van der Waals surface area contributed by atoms with Gasteiger partial charge in [0.1, 0.15) is 5.75 Å². The lowest BCUT2D eigenvalue weighted by Gasteiger charge is -2.06. The highest BCUT2D eigenvalue weighted by Gasteiger charge is 2.12. The van der Waals surface area contributed by atoms with Gasteiger partial charge in [-0.25, -0.2) is 0 Å². The number of hydrogen-bond acceptors (Lipinski definition) is 5. The van der Waals surface area contributed by atoms with Gasteiger partial charge in [-0.05, 0) is 54.6 Å². The van der Waals surface area contributed by atoms with Gasteiger partial charge in [-0.2, -0.15) is 4.98 Å². The minimum absolute atomic E-state index is 0.149. The van der Waals surface area contributed by atoms with Crippen molar-refractivity contribution in [1.82, 2.24) is 20.0 Å². The molecule has 28 heavy (non-hydrogen) atoms. The Bertz CT molecular complexity index is 1070. The summed E-state index contributed by atoms with van der Waals surface area (Å²) >= 11 is 0. The third-order valence-corrected chi connectivity index (χ3v) is 4.23. The number of nitrogens with one attached hydrogen (secondary N) is 1. The number of nitrogens with zero attached hydrogens (tertiary/aromatic N) is 3. The number of ether oxygens (including phenoxy) is 1. The van der Waals surface area contributed by atoms with Gasteiger partial charge in [0.2, 0.25) is 11.7 Å². The van der Waals surface area contributed by atoms with Gasteiger partial charge in [-0.15, -0.1) is 0 Å². The molecule has 0 saturated heterocycles. The van der Waals surface area contributed by atoms with E-state index in [0.717, 1.165) is 17.0 Å². The van der Waals surface area contributed by atoms with Crippen molar-refractivity contribution in [1.29, 1.82) is 0 Å². The van der Waals surface area contributed by atoms with E-state index in [4.69, 9.17) is 9.26 Å². The average molecular weight is 374 g/mol. The third-order valence-electron chi connectivity index (χ3n) is 4.23. The van der Waals surface area contributed by atoms with Crippen LogP contribution >= 0.6 is 0 Å². The molecule has 1 N–H and O–H groups in total. The predicted molar refractivity (Wildman–Crippen MR) is 103 cm³/mol. The average Bonchev–Trinajstić information content (AvgIpc) is 3.44. The van der Waals surface area contributed by atoms with Crippen molar-refractivity contribution in [3.8, 4) is 22.8 Å². The monoisotopic (exact) mass is 374 g/mol. The van der Waals surface area contributed by atoms with Crippen LogP contribution in [0, 0.1) is 0 Å². The summed E-state index contributed by atoms with van der Waals surface area (Å²) in [4.78, 5) is 16.8. The molecular formula is C21H18N4O3. The van der Waals surface area contributed by atoms with Crippen molar-refractivity contribution < 1.29 is 14.1 Å². The first-order valence-electron chi connectivity index (χ1n) is 8.71. The first kappa shape index (κ1) is 17.5. The van der Waals surface area contributed by atoms with Gasteiger partial charge in [0, 0.05) is 29.2 Å². The molecule has 0 saturated carbocycles. The Labute approximate surface area is 161 Å². The number of methoxy groups -OCH3 is 1. The van der Waals surface area contributed by atoms with Crippen molar-refractivity contribution in [2.24, 2.45) is 0 Å². The van der Waals surface area contributed by atoms with Crippen LogP contribution in [0.25, 0.3) is 17.1 Å². The summed E-state index contributed by atoms with van der Waals surface area (Å²) < 4.78 is 12.3. The Hall–Kier alpha value is -3.87. The van der Waals surface area contributed by atoms with Gasteiger partial charge in [0.25, 0.3) is 5.91 Å². The molecule has 4 aromatic rings. The number of carbonyl (C=O) groups is 1. The highest BCUT2D eigenvalue weighted by atomic mass is 16.5. The maximum Gasteiger partial charge on any atom is 0.251 e. The number of amides is 1. The van der Waals surface area contributed by atoms with E-state index in [2.05, 4.69) is 15.5 Å². The summed E-state index contributed by atoms with van der Waals surface area (Å²) in [6.07, 6.45) is 3.85. The minimum Gasteiger partial charge on any atom is -0.497 e. The maximum atomic E-state index is 12.5. The van der Waals surface area contributed by atoms with Crippen LogP contribution in [-0.4, -0.2) is 27.7 Å². The zero-order valence-corrected chi connectivity index (χ0v) is 15.2. The minimum atomic E-state index is -0.210. The van der Waals surface area contributed by atoms with Gasteiger partial charge in [-0.1, -0.05) is 11.2 Å². The second-order valence-electron chi connectivity index (χ2n) is 6.06. The number of rotatable bonds is 6. The molecule has 2 aromatic carbocycles. The van der Waals surface area contributed by atoms with Gasteiger partial charge < -0.3 is 19.1 Å². The van der Waals surface area contributed by atoms with E-state index in [1.807, 2.05) is 71.6 Å². The van der Waals surface area contributed by atoms with Crippen molar-refractivity contribution in [2.75, 3.05) is 7.11 Å².